The van der Waals surface area contributed by atoms with Crippen LogP contribution >= 0.6 is 0 Å². The minimum atomic E-state index is -1.57. The fourth-order valence-corrected chi connectivity index (χ4v) is 11.1. The van der Waals surface area contributed by atoms with Gasteiger partial charge in [-0.2, -0.15) is 0 Å². The first-order valence-electron chi connectivity index (χ1n) is 34.2. The third-order valence-electron chi connectivity index (χ3n) is 16.5. The number of unbranched alkanes of at least 4 members (excludes halogenated alkanes) is 46. The molecule has 1 aliphatic heterocycles. The Hall–Kier alpha value is -1.59. The number of nitrogens with one attached hydrogen (secondary N) is 1. The van der Waals surface area contributed by atoms with E-state index in [2.05, 4.69) is 43.5 Å². The summed E-state index contributed by atoms with van der Waals surface area (Å²) in [6, 6.07) is -0.804. The molecule has 1 amide bonds. The van der Waals surface area contributed by atoms with E-state index >= 15 is 0 Å². The van der Waals surface area contributed by atoms with Crippen LogP contribution in [0.15, 0.2) is 36.5 Å². The first-order valence-corrected chi connectivity index (χ1v) is 34.2. The van der Waals surface area contributed by atoms with Gasteiger partial charge in [-0.25, -0.2) is 0 Å². The van der Waals surface area contributed by atoms with Gasteiger partial charge >= 0.3 is 0 Å². The Labute approximate surface area is 482 Å². The van der Waals surface area contributed by atoms with Crippen molar-refractivity contribution < 1.29 is 39.8 Å². The lowest BCUT2D eigenvalue weighted by molar-refractivity contribution is -0.302. The standard InChI is InChI=1S/C69H131NO8/c1-3-5-7-9-11-13-15-17-19-21-23-25-27-28-29-30-31-32-33-34-35-36-37-39-41-43-45-47-49-51-53-55-57-59-65(73)70-62(61-77-69-68(76)67(75)66(74)64(60-71)78-69)63(72)58-56-54-52-50-48-46-44-42-40-38-26-24-22-20-18-16-14-12-10-8-6-4-2/h15,17,21,23,56,58,62-64,66-69,71-72,74-76H,3-14,16,18-20,22,24-55,57,59-61H2,1-2H3,(H,70,73)/b17-15-,23-21-,58-56+. The van der Waals surface area contributed by atoms with Gasteiger partial charge in [-0.1, -0.05) is 320 Å². The number of rotatable bonds is 60. The average Bonchev–Trinajstić information content (AvgIpc) is 3.45. The molecule has 9 heteroatoms. The van der Waals surface area contributed by atoms with Gasteiger partial charge in [0.25, 0.3) is 0 Å². The smallest absolute Gasteiger partial charge is 0.220 e. The van der Waals surface area contributed by atoms with Crippen molar-refractivity contribution in [3.8, 4) is 0 Å². The van der Waals surface area contributed by atoms with Gasteiger partial charge in [-0.3, -0.25) is 4.79 Å². The summed E-state index contributed by atoms with van der Waals surface area (Å²) in [5, 5.41) is 54.7. The Morgan fingerprint density at radius 3 is 1.10 bits per heavy atom. The molecule has 0 saturated carbocycles. The van der Waals surface area contributed by atoms with Crippen molar-refractivity contribution >= 4 is 5.91 Å². The molecule has 0 aliphatic carbocycles. The molecule has 7 unspecified atom stereocenters. The number of hydrogen-bond acceptors (Lipinski definition) is 8. The van der Waals surface area contributed by atoms with Crippen LogP contribution in [0.5, 0.6) is 0 Å². The molecule has 6 N–H and O–H groups in total. The van der Waals surface area contributed by atoms with Crippen LogP contribution in [0.1, 0.15) is 341 Å². The minimum absolute atomic E-state index is 0.170. The van der Waals surface area contributed by atoms with Gasteiger partial charge in [0.2, 0.25) is 5.91 Å². The molecule has 0 aromatic rings. The maximum absolute atomic E-state index is 13.1. The molecule has 0 spiro atoms. The number of carbonyl (C=O) groups is 1. The molecule has 7 atom stereocenters. The van der Waals surface area contributed by atoms with Crippen LogP contribution in [0.3, 0.4) is 0 Å². The maximum atomic E-state index is 13.1. The molecule has 1 aliphatic rings. The van der Waals surface area contributed by atoms with Crippen LogP contribution in [0.25, 0.3) is 0 Å². The summed E-state index contributed by atoms with van der Waals surface area (Å²) < 4.78 is 11.3. The third-order valence-corrected chi connectivity index (χ3v) is 16.5. The highest BCUT2D eigenvalue weighted by atomic mass is 16.7. The van der Waals surface area contributed by atoms with E-state index in [9.17, 15) is 30.3 Å². The topological polar surface area (TPSA) is 149 Å². The summed E-state index contributed by atoms with van der Waals surface area (Å²) in [6.45, 7) is 3.82. The molecule has 78 heavy (non-hydrogen) atoms. The first kappa shape index (κ1) is 74.4. The fraction of sp³-hybridized carbons (Fsp3) is 0.899. The Balaban J connectivity index is 2.11. The molecule has 0 aromatic heterocycles. The molecule has 0 bridgehead atoms. The van der Waals surface area contributed by atoms with Crippen LogP contribution < -0.4 is 5.32 Å². The van der Waals surface area contributed by atoms with Crippen LogP contribution in [-0.4, -0.2) is 87.5 Å². The predicted octanol–water partition coefficient (Wildman–Crippen LogP) is 18.3. The molecular formula is C69H131NO8. The van der Waals surface area contributed by atoms with E-state index in [1.165, 1.54) is 276 Å². The van der Waals surface area contributed by atoms with E-state index in [-0.39, 0.29) is 12.5 Å². The van der Waals surface area contributed by atoms with Gasteiger partial charge in [0.15, 0.2) is 6.29 Å². The summed E-state index contributed by atoms with van der Waals surface area (Å²) >= 11 is 0. The number of aliphatic hydroxyl groups is 5. The van der Waals surface area contributed by atoms with Gasteiger partial charge in [-0.05, 0) is 51.4 Å². The van der Waals surface area contributed by atoms with E-state index in [0.29, 0.717) is 6.42 Å². The average molecular weight is 1100 g/mol. The zero-order valence-corrected chi connectivity index (χ0v) is 51.4. The highest BCUT2D eigenvalue weighted by Crippen LogP contribution is 2.23. The van der Waals surface area contributed by atoms with Crippen molar-refractivity contribution in [1.82, 2.24) is 5.32 Å². The Kier molecular flexibility index (Phi) is 55.9. The van der Waals surface area contributed by atoms with E-state index in [1.807, 2.05) is 6.08 Å². The number of amides is 1. The third kappa shape index (κ3) is 47.0. The summed E-state index contributed by atoms with van der Waals surface area (Å²) in [5.41, 5.74) is 0. The van der Waals surface area contributed by atoms with Crippen LogP contribution in [-0.2, 0) is 14.3 Å². The molecule has 1 heterocycles. The zero-order valence-electron chi connectivity index (χ0n) is 51.4. The fourth-order valence-electron chi connectivity index (χ4n) is 11.1. The van der Waals surface area contributed by atoms with E-state index in [4.69, 9.17) is 9.47 Å². The van der Waals surface area contributed by atoms with Gasteiger partial charge in [0.05, 0.1) is 25.4 Å². The Morgan fingerprint density at radius 1 is 0.436 bits per heavy atom. The lowest BCUT2D eigenvalue weighted by Crippen LogP contribution is -2.60. The summed E-state index contributed by atoms with van der Waals surface area (Å²) in [6.07, 6.45) is 71.0. The number of ether oxygens (including phenoxy) is 2. The van der Waals surface area contributed by atoms with Gasteiger partial charge in [0.1, 0.15) is 24.4 Å². The number of aliphatic hydroxyl groups excluding tert-OH is 5. The molecule has 1 rings (SSSR count). The number of carbonyl (C=O) groups excluding carboxylic acids is 1. The highest BCUT2D eigenvalue weighted by Gasteiger charge is 2.44. The highest BCUT2D eigenvalue weighted by molar-refractivity contribution is 5.76. The normalized spacial score (nSPS) is 18.8. The maximum Gasteiger partial charge on any atom is 0.220 e. The number of allylic oxidation sites excluding steroid dienone is 5. The Bertz CT molecular complexity index is 1320. The molecular weight excluding hydrogens is 971 g/mol. The second-order valence-electron chi connectivity index (χ2n) is 24.0. The lowest BCUT2D eigenvalue weighted by Gasteiger charge is -2.40. The second kappa shape index (κ2) is 58.6. The quantitative estimate of drug-likeness (QED) is 0.0261. The summed E-state index contributed by atoms with van der Waals surface area (Å²) in [4.78, 5) is 13.1. The van der Waals surface area contributed by atoms with Gasteiger partial charge in [0, 0.05) is 6.42 Å². The number of hydrogen-bond donors (Lipinski definition) is 6. The SMILES string of the molecule is CCCCCCC/C=C\C/C=C\CCCCCCCCCCCCCCCCCCCCCCCC(=O)NC(COC1OC(CO)C(O)C(O)C1O)C(O)/C=C/CCCCCCCCCCCCCCCCCCCCCC. The summed E-state index contributed by atoms with van der Waals surface area (Å²) in [7, 11) is 0. The van der Waals surface area contributed by atoms with E-state index in [1.54, 1.807) is 6.08 Å². The molecule has 1 fully saturated rings. The van der Waals surface area contributed by atoms with Gasteiger partial charge in [-0.15, -0.1) is 0 Å². The predicted molar refractivity (Wildman–Crippen MR) is 332 cm³/mol. The van der Waals surface area contributed by atoms with E-state index < -0.39 is 49.5 Å². The molecule has 1 saturated heterocycles. The molecule has 9 nitrogen and oxygen atoms in total. The van der Waals surface area contributed by atoms with Crippen LogP contribution in [0, 0.1) is 0 Å². The Morgan fingerprint density at radius 2 is 0.756 bits per heavy atom. The minimum Gasteiger partial charge on any atom is -0.394 e. The monoisotopic (exact) mass is 1100 g/mol. The van der Waals surface area contributed by atoms with Crippen molar-refractivity contribution in [1.29, 1.82) is 0 Å². The molecule has 0 radical (unpaired) electrons. The molecule has 0 aromatic carbocycles. The summed E-state index contributed by atoms with van der Waals surface area (Å²) in [5.74, 6) is -0.170. The van der Waals surface area contributed by atoms with E-state index in [0.717, 1.165) is 44.9 Å². The van der Waals surface area contributed by atoms with Crippen molar-refractivity contribution in [2.75, 3.05) is 13.2 Å². The zero-order chi connectivity index (χ0) is 56.5. The van der Waals surface area contributed by atoms with Crippen molar-refractivity contribution in [2.24, 2.45) is 0 Å². The lowest BCUT2D eigenvalue weighted by atomic mass is 9.99. The van der Waals surface area contributed by atoms with Crippen molar-refractivity contribution in [3.63, 3.8) is 0 Å². The van der Waals surface area contributed by atoms with Crippen LogP contribution in [0.4, 0.5) is 0 Å². The van der Waals surface area contributed by atoms with Crippen LogP contribution in [0.2, 0.25) is 0 Å². The van der Waals surface area contributed by atoms with Gasteiger partial charge < -0.3 is 40.3 Å². The first-order chi connectivity index (χ1) is 38.3. The molecule has 460 valence electrons. The largest absolute Gasteiger partial charge is 0.394 e. The second-order valence-corrected chi connectivity index (χ2v) is 24.0. The van der Waals surface area contributed by atoms with Crippen molar-refractivity contribution in [3.05, 3.63) is 36.5 Å². The van der Waals surface area contributed by atoms with Crippen molar-refractivity contribution in [2.45, 2.75) is 384 Å².